The van der Waals surface area contributed by atoms with Crippen LogP contribution in [0.15, 0.2) is 66.5 Å². The van der Waals surface area contributed by atoms with Gasteiger partial charge >= 0.3 is 0 Å². The summed E-state index contributed by atoms with van der Waals surface area (Å²) in [6.45, 7) is 11.2. The lowest BCUT2D eigenvalue weighted by molar-refractivity contribution is 0.0669. The van der Waals surface area contributed by atoms with Gasteiger partial charge in [0.1, 0.15) is 0 Å². The Morgan fingerprint density at radius 3 is 2.48 bits per heavy atom. The van der Waals surface area contributed by atoms with Gasteiger partial charge in [-0.15, -0.1) is 0 Å². The van der Waals surface area contributed by atoms with Crippen molar-refractivity contribution in [2.45, 2.75) is 45.4 Å². The maximum Gasteiger partial charge on any atom is 0.253 e. The maximum atomic E-state index is 12.7. The highest BCUT2D eigenvalue weighted by Crippen LogP contribution is 2.59. The lowest BCUT2D eigenvalue weighted by atomic mass is 9.90. The zero-order chi connectivity index (χ0) is 21.7. The van der Waals surface area contributed by atoms with Crippen LogP contribution < -0.4 is 5.32 Å². The molecule has 4 rings (SSSR count). The third-order valence-corrected chi connectivity index (χ3v) is 7.58. The third kappa shape index (κ3) is 5.06. The molecule has 31 heavy (non-hydrogen) atoms. The smallest absolute Gasteiger partial charge is 0.253 e. The normalized spacial score (nSPS) is 23.6. The minimum absolute atomic E-state index is 0.183. The van der Waals surface area contributed by atoms with E-state index < -0.39 is 0 Å². The fourth-order valence-corrected chi connectivity index (χ4v) is 5.36. The fourth-order valence-electron chi connectivity index (χ4n) is 5.36. The van der Waals surface area contributed by atoms with E-state index in [1.54, 1.807) is 0 Å². The van der Waals surface area contributed by atoms with E-state index in [1.807, 2.05) is 47.4 Å². The van der Waals surface area contributed by atoms with E-state index in [2.05, 4.69) is 29.8 Å². The first-order valence-electron chi connectivity index (χ1n) is 12.0. The zero-order valence-electron chi connectivity index (χ0n) is 19.0. The van der Waals surface area contributed by atoms with Crippen LogP contribution in [0.1, 0.15) is 55.8 Å². The summed E-state index contributed by atoms with van der Waals surface area (Å²) < 4.78 is 0. The first kappa shape index (κ1) is 21.7. The predicted molar refractivity (Wildman–Crippen MR) is 128 cm³/mol. The van der Waals surface area contributed by atoms with Crippen LogP contribution in [-0.2, 0) is 0 Å². The average molecular weight is 420 g/mol. The summed E-state index contributed by atoms with van der Waals surface area (Å²) in [4.78, 5) is 17.3. The van der Waals surface area contributed by atoms with E-state index in [4.69, 9.17) is 0 Å². The van der Waals surface area contributed by atoms with Crippen molar-refractivity contribution in [3.63, 3.8) is 0 Å². The van der Waals surface area contributed by atoms with E-state index in [9.17, 15) is 4.79 Å². The number of piperidine rings is 2. The van der Waals surface area contributed by atoms with Gasteiger partial charge in [0.25, 0.3) is 5.91 Å². The number of amides is 1. The van der Waals surface area contributed by atoms with Gasteiger partial charge in [0.05, 0.1) is 5.70 Å². The van der Waals surface area contributed by atoms with Crippen LogP contribution >= 0.6 is 0 Å². The number of carbonyl (C=O) groups is 1. The fraction of sp³-hybridized carbons (Fsp3) is 0.519. The van der Waals surface area contributed by atoms with Crippen LogP contribution in [0, 0.1) is 11.3 Å². The molecule has 2 heterocycles. The molecule has 1 aromatic carbocycles. The van der Waals surface area contributed by atoms with Crippen LogP contribution in [0.4, 0.5) is 0 Å². The Kier molecular flexibility index (Phi) is 6.84. The monoisotopic (exact) mass is 419 g/mol. The van der Waals surface area contributed by atoms with E-state index in [0.29, 0.717) is 11.3 Å². The van der Waals surface area contributed by atoms with Crippen LogP contribution in [0.5, 0.6) is 0 Å². The largest absolute Gasteiger partial charge is 0.383 e. The molecule has 1 spiro atoms. The lowest BCUT2D eigenvalue weighted by Crippen LogP contribution is -2.40. The summed E-state index contributed by atoms with van der Waals surface area (Å²) in [7, 11) is 0. The Labute approximate surface area is 187 Å². The number of hydrogen-bond donors (Lipinski definition) is 1. The first-order valence-corrected chi connectivity index (χ1v) is 12.0. The van der Waals surface area contributed by atoms with Gasteiger partial charge < -0.3 is 15.1 Å². The molecule has 0 aromatic heterocycles. The molecule has 1 aromatic rings. The molecule has 4 heteroatoms. The van der Waals surface area contributed by atoms with Gasteiger partial charge in [0, 0.05) is 44.0 Å². The second-order valence-corrected chi connectivity index (χ2v) is 9.44. The Morgan fingerprint density at radius 1 is 1.10 bits per heavy atom. The van der Waals surface area contributed by atoms with Crippen molar-refractivity contribution in [3.05, 3.63) is 72.1 Å². The summed E-state index contributed by atoms with van der Waals surface area (Å²) in [5.41, 5.74) is 3.84. The number of nitrogens with zero attached hydrogens (tertiary/aromatic N) is 2. The Hall–Kier alpha value is -2.49. The number of nitrogens with one attached hydrogen (secondary N) is 1. The molecule has 1 N–H and O–H groups in total. The molecule has 1 unspecified atom stereocenters. The van der Waals surface area contributed by atoms with Gasteiger partial charge in [-0.1, -0.05) is 36.9 Å². The molecule has 166 valence electrons. The van der Waals surface area contributed by atoms with Crippen LogP contribution in [0.25, 0.3) is 0 Å². The summed E-state index contributed by atoms with van der Waals surface area (Å²) >= 11 is 0. The van der Waals surface area contributed by atoms with Gasteiger partial charge in [-0.05, 0) is 75.0 Å². The molecule has 3 aliphatic rings. The van der Waals surface area contributed by atoms with Crippen molar-refractivity contribution in [3.8, 4) is 0 Å². The van der Waals surface area contributed by atoms with Crippen molar-refractivity contribution in [2.75, 3.05) is 32.7 Å². The maximum absolute atomic E-state index is 12.7. The molecule has 0 radical (unpaired) electrons. The molecule has 3 fully saturated rings. The highest BCUT2D eigenvalue weighted by Gasteiger charge is 2.54. The number of allylic oxidation sites excluding steroid dienone is 4. The van der Waals surface area contributed by atoms with E-state index in [1.165, 1.54) is 37.1 Å². The summed E-state index contributed by atoms with van der Waals surface area (Å²) in [5.74, 6) is 0.894. The van der Waals surface area contributed by atoms with Crippen molar-refractivity contribution in [2.24, 2.45) is 11.3 Å². The summed E-state index contributed by atoms with van der Waals surface area (Å²) in [6.07, 6.45) is 13.5. The minimum atomic E-state index is 0.183. The van der Waals surface area contributed by atoms with Crippen molar-refractivity contribution >= 4 is 5.91 Å². The molecule has 1 aliphatic carbocycles. The number of benzene rings is 1. The quantitative estimate of drug-likeness (QED) is 0.633. The average Bonchev–Trinajstić information content (AvgIpc) is 3.51. The third-order valence-electron chi connectivity index (χ3n) is 7.58. The van der Waals surface area contributed by atoms with Crippen LogP contribution in [-0.4, -0.2) is 48.4 Å². The topological polar surface area (TPSA) is 35.6 Å². The molecule has 1 saturated carbocycles. The molecule has 2 aliphatic heterocycles. The molecule has 1 atom stereocenters. The lowest BCUT2D eigenvalue weighted by Gasteiger charge is -2.33. The number of hydrogen-bond acceptors (Lipinski definition) is 3. The van der Waals surface area contributed by atoms with E-state index in [0.717, 1.165) is 51.1 Å². The van der Waals surface area contributed by atoms with Gasteiger partial charge in [-0.3, -0.25) is 4.79 Å². The van der Waals surface area contributed by atoms with Gasteiger partial charge in [-0.2, -0.15) is 0 Å². The Bertz CT molecular complexity index is 827. The second kappa shape index (κ2) is 9.76. The molecule has 2 saturated heterocycles. The van der Waals surface area contributed by atoms with Crippen molar-refractivity contribution in [1.82, 2.24) is 15.1 Å². The SMILES string of the molecule is C=C/C=C\C(NCC1CC12CCN(C(=O)c1ccccc1)CC2)=C(/C)N1CCCCC1. The summed E-state index contributed by atoms with van der Waals surface area (Å²) in [5, 5.41) is 3.77. The standard InChI is InChI=1S/C27H37N3O/c1-3-4-13-25(22(2)29-16-9-6-10-17-29)28-21-24-20-27(24)14-18-30(19-15-27)26(31)23-11-7-5-8-12-23/h3-5,7-8,11-13,24,28H,1,6,9-10,14-21H2,2H3/b13-4-,25-22-. The molecule has 1 amide bonds. The molecule has 0 bridgehead atoms. The molecule has 4 nitrogen and oxygen atoms in total. The van der Waals surface area contributed by atoms with Crippen LogP contribution in [0.3, 0.4) is 0 Å². The van der Waals surface area contributed by atoms with Crippen LogP contribution in [0.2, 0.25) is 0 Å². The second-order valence-electron chi connectivity index (χ2n) is 9.44. The van der Waals surface area contributed by atoms with Gasteiger partial charge in [0.2, 0.25) is 0 Å². The Balaban J connectivity index is 1.31. The van der Waals surface area contributed by atoms with Gasteiger partial charge in [-0.25, -0.2) is 0 Å². The van der Waals surface area contributed by atoms with Gasteiger partial charge in [0.15, 0.2) is 0 Å². The minimum Gasteiger partial charge on any atom is -0.383 e. The van der Waals surface area contributed by atoms with E-state index >= 15 is 0 Å². The predicted octanol–water partition coefficient (Wildman–Crippen LogP) is 4.98. The highest BCUT2D eigenvalue weighted by atomic mass is 16.2. The highest BCUT2D eigenvalue weighted by molar-refractivity contribution is 5.94. The number of rotatable bonds is 7. The number of likely N-dealkylation sites (tertiary alicyclic amines) is 2. The molecular formula is C27H37N3O. The summed E-state index contributed by atoms with van der Waals surface area (Å²) in [6, 6.07) is 9.69. The van der Waals surface area contributed by atoms with Crippen molar-refractivity contribution < 1.29 is 4.79 Å². The molecular weight excluding hydrogens is 382 g/mol. The van der Waals surface area contributed by atoms with E-state index in [-0.39, 0.29) is 5.91 Å². The number of carbonyl (C=O) groups excluding carboxylic acids is 1. The Morgan fingerprint density at radius 2 is 1.81 bits per heavy atom. The first-order chi connectivity index (χ1) is 15.1. The zero-order valence-corrected chi connectivity index (χ0v) is 19.0. The van der Waals surface area contributed by atoms with Crippen molar-refractivity contribution in [1.29, 1.82) is 0 Å².